The fourth-order valence-corrected chi connectivity index (χ4v) is 1.30. The summed E-state index contributed by atoms with van der Waals surface area (Å²) in [5.74, 6) is 0. The maximum Gasteiger partial charge on any atom is 0.0727 e. The van der Waals surface area contributed by atoms with Crippen molar-refractivity contribution in [1.29, 1.82) is 0 Å². The molecular weight excluding hydrogens is 124 g/mol. The van der Waals surface area contributed by atoms with Gasteiger partial charge in [0.05, 0.1) is 13.2 Å². The van der Waals surface area contributed by atoms with Gasteiger partial charge in [-0.3, -0.25) is 0 Å². The summed E-state index contributed by atoms with van der Waals surface area (Å²) in [4.78, 5) is 0. The molecule has 1 aromatic carbocycles. The van der Waals surface area contributed by atoms with Crippen molar-refractivity contribution in [2.45, 2.75) is 20.1 Å². The van der Waals surface area contributed by atoms with Crippen molar-refractivity contribution in [3.63, 3.8) is 0 Å². The van der Waals surface area contributed by atoms with E-state index >= 15 is 0 Å². The minimum absolute atomic E-state index is 0.776. The molecule has 0 amide bonds. The first-order chi connectivity index (χ1) is 4.88. The summed E-state index contributed by atoms with van der Waals surface area (Å²) in [6.07, 6.45) is 0. The highest BCUT2D eigenvalue weighted by molar-refractivity contribution is 5.34. The molecule has 0 saturated carbocycles. The van der Waals surface area contributed by atoms with Gasteiger partial charge < -0.3 is 4.74 Å². The van der Waals surface area contributed by atoms with E-state index in [1.807, 2.05) is 6.07 Å². The highest BCUT2D eigenvalue weighted by Crippen LogP contribution is 2.21. The van der Waals surface area contributed by atoms with Crippen LogP contribution in [0.3, 0.4) is 0 Å². The molecule has 0 bridgehead atoms. The van der Waals surface area contributed by atoms with Crippen LogP contribution in [0.2, 0.25) is 0 Å². The highest BCUT2D eigenvalue weighted by Gasteiger charge is 2.11. The van der Waals surface area contributed by atoms with Crippen molar-refractivity contribution in [3.8, 4) is 0 Å². The molecule has 0 aromatic heterocycles. The summed E-state index contributed by atoms with van der Waals surface area (Å²) in [6, 6.07) is 7.19. The topological polar surface area (TPSA) is 9.23 Å². The first kappa shape index (κ1) is 5.93. The summed E-state index contributed by atoms with van der Waals surface area (Å²) in [5, 5.41) is 0. The van der Waals surface area contributed by atoms with Crippen molar-refractivity contribution in [1.82, 2.24) is 0 Å². The third kappa shape index (κ3) is 0.745. The van der Waals surface area contributed by atoms with Crippen LogP contribution in [0.25, 0.3) is 0 Å². The number of benzene rings is 1. The summed E-state index contributed by atoms with van der Waals surface area (Å²) in [5.41, 5.74) is 3.90. The molecule has 1 nitrogen and oxygen atoms in total. The molecule has 0 atom stereocenters. The average molecular weight is 133 g/mol. The molecule has 0 unspecified atom stereocenters. The fraction of sp³-hybridized carbons (Fsp3) is 0.333. The molecule has 51 valence electrons. The highest BCUT2D eigenvalue weighted by atomic mass is 16.5. The monoisotopic (exact) mass is 133 g/mol. The van der Waals surface area contributed by atoms with Crippen LogP contribution in [0, 0.1) is 13.0 Å². The Hall–Kier alpha value is -0.820. The van der Waals surface area contributed by atoms with E-state index in [9.17, 15) is 0 Å². The Bertz CT molecular complexity index is 253. The van der Waals surface area contributed by atoms with Crippen molar-refractivity contribution in [3.05, 3.63) is 34.9 Å². The van der Waals surface area contributed by atoms with Crippen LogP contribution in [0.4, 0.5) is 0 Å². The van der Waals surface area contributed by atoms with E-state index in [1.54, 1.807) is 0 Å². The van der Waals surface area contributed by atoms with E-state index in [0.29, 0.717) is 0 Å². The standard InChI is InChI=1S/C9H9O/c1-7-3-2-4-8-5-10-6-9(7)8/h2,4H,5-6H2,1H3. The minimum atomic E-state index is 0.776. The van der Waals surface area contributed by atoms with Crippen molar-refractivity contribution in [2.75, 3.05) is 0 Å². The average Bonchev–Trinajstić information content (AvgIpc) is 2.36. The van der Waals surface area contributed by atoms with Crippen molar-refractivity contribution in [2.24, 2.45) is 0 Å². The van der Waals surface area contributed by atoms with Gasteiger partial charge in [-0.2, -0.15) is 0 Å². The SMILES string of the molecule is Cc1[c]ccc2c1COC2. The maximum absolute atomic E-state index is 5.28. The molecule has 1 heteroatoms. The molecule has 10 heavy (non-hydrogen) atoms. The van der Waals surface area contributed by atoms with Crippen LogP contribution < -0.4 is 0 Å². The second-order valence-electron chi connectivity index (χ2n) is 2.60. The zero-order valence-electron chi connectivity index (χ0n) is 5.98. The molecule has 1 aliphatic rings. The van der Waals surface area contributed by atoms with Gasteiger partial charge in [-0.1, -0.05) is 12.1 Å². The number of aryl methyl sites for hydroxylation is 1. The molecule has 1 aliphatic heterocycles. The number of ether oxygens (including phenoxy) is 1. The molecule has 1 heterocycles. The molecule has 0 fully saturated rings. The van der Waals surface area contributed by atoms with Gasteiger partial charge in [0.2, 0.25) is 0 Å². The van der Waals surface area contributed by atoms with Gasteiger partial charge in [0, 0.05) is 0 Å². The third-order valence-electron chi connectivity index (χ3n) is 1.93. The second kappa shape index (κ2) is 2.10. The predicted octanol–water partition coefficient (Wildman–Crippen LogP) is 1.83. The van der Waals surface area contributed by atoms with Crippen LogP contribution in [-0.2, 0) is 18.0 Å². The first-order valence-corrected chi connectivity index (χ1v) is 3.45. The molecule has 2 rings (SSSR count). The second-order valence-corrected chi connectivity index (χ2v) is 2.60. The summed E-state index contributed by atoms with van der Waals surface area (Å²) >= 11 is 0. The Morgan fingerprint density at radius 1 is 1.50 bits per heavy atom. The van der Waals surface area contributed by atoms with Gasteiger partial charge in [-0.05, 0) is 29.7 Å². The van der Waals surface area contributed by atoms with Crippen LogP contribution >= 0.6 is 0 Å². The lowest BCUT2D eigenvalue weighted by atomic mass is 10.1. The van der Waals surface area contributed by atoms with Crippen molar-refractivity contribution < 1.29 is 4.74 Å². The van der Waals surface area contributed by atoms with Gasteiger partial charge in [0.1, 0.15) is 0 Å². The van der Waals surface area contributed by atoms with E-state index in [1.165, 1.54) is 16.7 Å². The number of hydrogen-bond acceptors (Lipinski definition) is 1. The van der Waals surface area contributed by atoms with Gasteiger partial charge in [-0.25, -0.2) is 0 Å². The summed E-state index contributed by atoms with van der Waals surface area (Å²) in [7, 11) is 0. The van der Waals surface area contributed by atoms with E-state index in [0.717, 1.165) is 13.2 Å². The molecular formula is C9H9O. The first-order valence-electron chi connectivity index (χ1n) is 3.45. The lowest BCUT2D eigenvalue weighted by Crippen LogP contribution is -1.85. The van der Waals surface area contributed by atoms with E-state index < -0.39 is 0 Å². The zero-order valence-corrected chi connectivity index (χ0v) is 5.98. The predicted molar refractivity (Wildman–Crippen MR) is 38.5 cm³/mol. The molecule has 1 aromatic rings. The van der Waals surface area contributed by atoms with Crippen LogP contribution in [-0.4, -0.2) is 0 Å². The number of fused-ring (bicyclic) bond motifs is 1. The van der Waals surface area contributed by atoms with Gasteiger partial charge in [0.25, 0.3) is 0 Å². The van der Waals surface area contributed by atoms with Gasteiger partial charge in [0.15, 0.2) is 0 Å². The van der Waals surface area contributed by atoms with E-state index in [4.69, 9.17) is 4.74 Å². The molecule has 0 saturated heterocycles. The van der Waals surface area contributed by atoms with Crippen molar-refractivity contribution >= 4 is 0 Å². The maximum atomic E-state index is 5.28. The lowest BCUT2D eigenvalue weighted by Gasteiger charge is -1.97. The fourth-order valence-electron chi connectivity index (χ4n) is 1.30. The van der Waals surface area contributed by atoms with Crippen LogP contribution in [0.5, 0.6) is 0 Å². The molecule has 1 radical (unpaired) electrons. The Balaban J connectivity index is 2.59. The Morgan fingerprint density at radius 3 is 3.20 bits per heavy atom. The van der Waals surface area contributed by atoms with E-state index in [2.05, 4.69) is 19.1 Å². The molecule has 0 aliphatic carbocycles. The Morgan fingerprint density at radius 2 is 2.40 bits per heavy atom. The molecule has 0 N–H and O–H groups in total. The number of rotatable bonds is 0. The Labute approximate surface area is 60.6 Å². The van der Waals surface area contributed by atoms with Crippen LogP contribution in [0.1, 0.15) is 16.7 Å². The quantitative estimate of drug-likeness (QED) is 0.524. The zero-order chi connectivity index (χ0) is 6.97. The summed E-state index contributed by atoms with van der Waals surface area (Å²) in [6.45, 7) is 3.64. The largest absolute Gasteiger partial charge is 0.372 e. The van der Waals surface area contributed by atoms with Gasteiger partial charge in [-0.15, -0.1) is 0 Å². The summed E-state index contributed by atoms with van der Waals surface area (Å²) < 4.78 is 5.28. The third-order valence-corrected chi connectivity index (χ3v) is 1.93. The molecule has 0 spiro atoms. The normalized spacial score (nSPS) is 15.3. The minimum Gasteiger partial charge on any atom is -0.372 e. The lowest BCUT2D eigenvalue weighted by molar-refractivity contribution is 0.134. The van der Waals surface area contributed by atoms with Crippen LogP contribution in [0.15, 0.2) is 12.1 Å². The van der Waals surface area contributed by atoms with Gasteiger partial charge >= 0.3 is 0 Å². The number of hydrogen-bond donors (Lipinski definition) is 0. The smallest absolute Gasteiger partial charge is 0.0727 e. The van der Waals surface area contributed by atoms with E-state index in [-0.39, 0.29) is 0 Å². The Kier molecular flexibility index (Phi) is 1.24.